The van der Waals surface area contributed by atoms with Crippen molar-refractivity contribution < 1.29 is 28.6 Å². The normalized spacial score (nSPS) is 49.2. The fraction of sp³-hybridized carbons (Fsp3) is 0.600. The molecule has 6 nitrogen and oxygen atoms in total. The van der Waals surface area contributed by atoms with Crippen molar-refractivity contribution in [1.29, 1.82) is 0 Å². The number of carbonyl (C=O) groups is 2. The van der Waals surface area contributed by atoms with Gasteiger partial charge in [0.1, 0.15) is 12.2 Å². The van der Waals surface area contributed by atoms with Crippen LogP contribution < -0.4 is 0 Å². The number of cyclic esters (lactones) is 1. The Bertz CT molecular complexity index is 812. The third kappa shape index (κ3) is 1.71. The average Bonchev–Trinajstić information content (AvgIpc) is 3.10. The number of furan rings is 1. The Morgan fingerprint density at radius 2 is 2.04 bits per heavy atom. The molecule has 1 N–H and O–H groups in total. The lowest BCUT2D eigenvalue weighted by Crippen LogP contribution is -2.72. The maximum absolute atomic E-state index is 12.8. The lowest BCUT2D eigenvalue weighted by Gasteiger charge is -2.65. The molecule has 6 heteroatoms. The van der Waals surface area contributed by atoms with Crippen molar-refractivity contribution >= 4 is 11.9 Å². The Morgan fingerprint density at radius 3 is 2.73 bits per heavy atom. The minimum absolute atomic E-state index is 0.149. The van der Waals surface area contributed by atoms with Crippen LogP contribution in [0.15, 0.2) is 35.2 Å². The van der Waals surface area contributed by atoms with Crippen LogP contribution in [0, 0.1) is 22.7 Å². The summed E-state index contributed by atoms with van der Waals surface area (Å²) in [5.74, 6) is -1.20. The molecule has 3 aliphatic heterocycles. The largest absolute Gasteiger partial charge is 0.472 e. The third-order valence-corrected chi connectivity index (χ3v) is 7.51. The molecule has 6 rings (SSSR count). The first kappa shape index (κ1) is 16.1. The van der Waals surface area contributed by atoms with E-state index in [1.54, 1.807) is 24.7 Å². The Balaban J connectivity index is 1.61. The summed E-state index contributed by atoms with van der Waals surface area (Å²) in [6.07, 6.45) is 7.52. The first-order valence-corrected chi connectivity index (χ1v) is 9.15. The van der Waals surface area contributed by atoms with Gasteiger partial charge >= 0.3 is 11.9 Å². The molecule has 4 heterocycles. The standard InChI is InChI=1S/C20H22O6/c1-18-9-14(11-5-8-24-10-11)25-16(21)12(18)3-6-19(2)15(18)13-4-7-20(19,23)17(22)26-13/h4-5,7-8,10,12-15,23H,3,6,9H2,1-2H3/t12-,13?,14-,15?,18+,19+,20-/m1/s1. The molecule has 5 aliphatic rings. The van der Waals surface area contributed by atoms with Crippen LogP contribution in [0.25, 0.3) is 0 Å². The summed E-state index contributed by atoms with van der Waals surface area (Å²) in [7, 11) is 0. The molecule has 2 saturated heterocycles. The molecule has 1 saturated carbocycles. The summed E-state index contributed by atoms with van der Waals surface area (Å²) < 4.78 is 16.4. The quantitative estimate of drug-likeness (QED) is 0.613. The molecule has 0 spiro atoms. The van der Waals surface area contributed by atoms with Crippen LogP contribution in [0.3, 0.4) is 0 Å². The van der Waals surface area contributed by atoms with Crippen LogP contribution in [-0.4, -0.2) is 28.8 Å². The van der Waals surface area contributed by atoms with Crippen molar-refractivity contribution in [2.24, 2.45) is 22.7 Å². The van der Waals surface area contributed by atoms with E-state index in [1.165, 1.54) is 0 Å². The molecule has 1 aromatic rings. The van der Waals surface area contributed by atoms with Gasteiger partial charge in [-0.25, -0.2) is 4.79 Å². The van der Waals surface area contributed by atoms with Gasteiger partial charge in [-0.05, 0) is 42.9 Å². The lowest BCUT2D eigenvalue weighted by molar-refractivity contribution is -0.259. The zero-order valence-electron chi connectivity index (χ0n) is 14.8. The highest BCUT2D eigenvalue weighted by Gasteiger charge is 2.72. The predicted octanol–water partition coefficient (Wildman–Crippen LogP) is 2.53. The third-order valence-electron chi connectivity index (χ3n) is 7.51. The molecule has 0 aromatic carbocycles. The molecule has 138 valence electrons. The molecule has 2 aliphatic carbocycles. The van der Waals surface area contributed by atoms with Gasteiger partial charge in [0, 0.05) is 16.9 Å². The molecule has 26 heavy (non-hydrogen) atoms. The number of hydrogen-bond acceptors (Lipinski definition) is 6. The van der Waals surface area contributed by atoms with Crippen LogP contribution in [-0.2, 0) is 19.1 Å². The summed E-state index contributed by atoms with van der Waals surface area (Å²) in [5.41, 5.74) is -1.91. The van der Waals surface area contributed by atoms with Crippen LogP contribution in [0.1, 0.15) is 44.8 Å². The molecular formula is C20H22O6. The molecule has 2 bridgehead atoms. The Kier molecular flexibility index (Phi) is 2.97. The molecule has 7 atom stereocenters. The maximum Gasteiger partial charge on any atom is 0.343 e. The highest BCUT2D eigenvalue weighted by molar-refractivity contribution is 5.86. The van der Waals surface area contributed by atoms with Gasteiger partial charge in [0.25, 0.3) is 0 Å². The number of fused-ring (bicyclic) bond motifs is 2. The minimum atomic E-state index is -1.63. The summed E-state index contributed by atoms with van der Waals surface area (Å²) in [6.45, 7) is 4.04. The van der Waals surface area contributed by atoms with Crippen molar-refractivity contribution in [3.8, 4) is 0 Å². The van der Waals surface area contributed by atoms with E-state index in [9.17, 15) is 14.7 Å². The number of aliphatic hydroxyl groups is 1. The molecular weight excluding hydrogens is 336 g/mol. The number of ether oxygens (including phenoxy) is 2. The van der Waals surface area contributed by atoms with Gasteiger partial charge in [-0.15, -0.1) is 0 Å². The number of hydrogen-bond donors (Lipinski definition) is 1. The van der Waals surface area contributed by atoms with E-state index >= 15 is 0 Å². The monoisotopic (exact) mass is 358 g/mol. The second kappa shape index (κ2) is 4.80. The van der Waals surface area contributed by atoms with Crippen molar-refractivity contribution in [2.45, 2.75) is 50.9 Å². The topological polar surface area (TPSA) is 86.0 Å². The van der Waals surface area contributed by atoms with E-state index in [0.717, 1.165) is 5.56 Å². The van der Waals surface area contributed by atoms with E-state index in [2.05, 4.69) is 6.92 Å². The smallest absolute Gasteiger partial charge is 0.343 e. The zero-order valence-corrected chi connectivity index (χ0v) is 14.8. The van der Waals surface area contributed by atoms with E-state index in [-0.39, 0.29) is 23.9 Å². The molecule has 1 aromatic heterocycles. The van der Waals surface area contributed by atoms with Crippen molar-refractivity contribution in [1.82, 2.24) is 0 Å². The molecule has 3 fully saturated rings. The van der Waals surface area contributed by atoms with E-state index in [4.69, 9.17) is 13.9 Å². The SMILES string of the molecule is C[C@]12CC[C@@H]3C(=O)O[C@@H](c4ccoc4)C[C@]3(C)C1C1C=C[C@@]2(O)C(=O)O1. The Morgan fingerprint density at radius 1 is 1.23 bits per heavy atom. The number of carbonyl (C=O) groups excluding carboxylic acids is 2. The second-order valence-corrected chi connectivity index (χ2v) is 8.67. The highest BCUT2D eigenvalue weighted by Crippen LogP contribution is 2.67. The highest BCUT2D eigenvalue weighted by atomic mass is 16.6. The van der Waals surface area contributed by atoms with Crippen LogP contribution in [0.2, 0.25) is 0 Å². The first-order valence-electron chi connectivity index (χ1n) is 9.15. The van der Waals surface area contributed by atoms with Crippen molar-refractivity contribution in [2.75, 3.05) is 0 Å². The Hall–Kier alpha value is -2.08. The molecule has 2 unspecified atom stereocenters. The van der Waals surface area contributed by atoms with Crippen LogP contribution in [0.4, 0.5) is 0 Å². The van der Waals surface area contributed by atoms with Crippen molar-refractivity contribution in [3.05, 3.63) is 36.3 Å². The average molecular weight is 358 g/mol. The van der Waals surface area contributed by atoms with Gasteiger partial charge in [-0.3, -0.25) is 4.79 Å². The van der Waals surface area contributed by atoms with E-state index in [0.29, 0.717) is 19.3 Å². The van der Waals surface area contributed by atoms with Gasteiger partial charge in [-0.1, -0.05) is 13.8 Å². The van der Waals surface area contributed by atoms with Crippen LogP contribution in [0.5, 0.6) is 0 Å². The molecule has 0 amide bonds. The first-order chi connectivity index (χ1) is 12.3. The summed E-state index contributed by atoms with van der Waals surface area (Å²) in [4.78, 5) is 25.2. The van der Waals surface area contributed by atoms with Crippen molar-refractivity contribution in [3.63, 3.8) is 0 Å². The summed E-state index contributed by atoms with van der Waals surface area (Å²) in [6, 6.07) is 1.81. The predicted molar refractivity (Wildman–Crippen MR) is 88.6 cm³/mol. The Labute approximate surface area is 151 Å². The zero-order chi connectivity index (χ0) is 18.3. The van der Waals surface area contributed by atoms with Gasteiger partial charge in [0.15, 0.2) is 5.60 Å². The second-order valence-electron chi connectivity index (χ2n) is 8.67. The van der Waals surface area contributed by atoms with Gasteiger partial charge in [0.2, 0.25) is 0 Å². The maximum atomic E-state index is 12.8. The van der Waals surface area contributed by atoms with Gasteiger partial charge < -0.3 is 19.0 Å². The fourth-order valence-corrected chi connectivity index (χ4v) is 6.16. The summed E-state index contributed by atoms with van der Waals surface area (Å²) >= 11 is 0. The minimum Gasteiger partial charge on any atom is -0.472 e. The fourth-order valence-electron chi connectivity index (χ4n) is 6.16. The van der Waals surface area contributed by atoms with Gasteiger partial charge in [-0.2, -0.15) is 0 Å². The molecule has 0 radical (unpaired) electrons. The lowest BCUT2D eigenvalue weighted by atomic mass is 9.42. The van der Waals surface area contributed by atoms with Crippen LogP contribution >= 0.6 is 0 Å². The van der Waals surface area contributed by atoms with Gasteiger partial charge in [0.05, 0.1) is 18.4 Å². The van der Waals surface area contributed by atoms with E-state index < -0.39 is 28.5 Å². The van der Waals surface area contributed by atoms with E-state index in [1.807, 2.05) is 13.0 Å². The number of esters is 2. The number of rotatable bonds is 1. The summed E-state index contributed by atoms with van der Waals surface area (Å²) in [5, 5.41) is 11.2.